The predicted octanol–water partition coefficient (Wildman–Crippen LogP) is 3.55. The number of carbonyl (C=O) groups excluding carboxylic acids is 2. The summed E-state index contributed by atoms with van der Waals surface area (Å²) in [5, 5.41) is 10.5. The maximum absolute atomic E-state index is 12.5. The van der Waals surface area contributed by atoms with E-state index in [-0.39, 0.29) is 30.2 Å². The van der Waals surface area contributed by atoms with Crippen LogP contribution in [0.2, 0.25) is 0 Å². The fraction of sp³-hybridized carbons (Fsp3) is 0.273. The molecule has 2 aromatic carbocycles. The number of amides is 2. The standard InChI is InChI=1S/C22H22N4O4/c1-3-29-18-10-8-17(9-11-18)26-13-16(12-19(26)27)21-24-25-22(30-21)23-20(28)15-6-4-14(2)5-7-15/h4-11,16H,3,12-13H2,1-2H3,(H,23,25,28)/t16-/m0/s1. The highest BCUT2D eigenvalue weighted by Crippen LogP contribution is 2.32. The third-order valence-electron chi connectivity index (χ3n) is 4.91. The van der Waals surface area contributed by atoms with E-state index in [1.54, 1.807) is 17.0 Å². The van der Waals surface area contributed by atoms with Crippen LogP contribution in [0.15, 0.2) is 52.9 Å². The molecule has 1 N–H and O–H groups in total. The number of anilines is 2. The third kappa shape index (κ3) is 4.17. The number of ether oxygens (including phenoxy) is 1. The summed E-state index contributed by atoms with van der Waals surface area (Å²) in [7, 11) is 0. The minimum atomic E-state index is -0.330. The van der Waals surface area contributed by atoms with Gasteiger partial charge in [0.15, 0.2) is 0 Å². The Morgan fingerprint density at radius 3 is 2.60 bits per heavy atom. The Kier molecular flexibility index (Phi) is 5.47. The number of rotatable bonds is 6. The minimum Gasteiger partial charge on any atom is -0.494 e. The largest absolute Gasteiger partial charge is 0.494 e. The first-order valence-corrected chi connectivity index (χ1v) is 9.78. The van der Waals surface area contributed by atoms with Gasteiger partial charge in [0.05, 0.1) is 12.5 Å². The van der Waals surface area contributed by atoms with Crippen molar-refractivity contribution in [2.24, 2.45) is 0 Å². The highest BCUT2D eigenvalue weighted by Gasteiger charge is 2.35. The van der Waals surface area contributed by atoms with Crippen LogP contribution >= 0.6 is 0 Å². The number of nitrogens with one attached hydrogen (secondary N) is 1. The molecule has 1 aromatic heterocycles. The smallest absolute Gasteiger partial charge is 0.322 e. The SMILES string of the molecule is CCOc1ccc(N2C[C@@H](c3nnc(NC(=O)c4ccc(C)cc4)o3)CC2=O)cc1. The van der Waals surface area contributed by atoms with E-state index in [1.165, 1.54) is 0 Å². The van der Waals surface area contributed by atoms with Crippen molar-refractivity contribution in [2.75, 3.05) is 23.4 Å². The molecule has 1 aliphatic rings. The Morgan fingerprint density at radius 2 is 1.90 bits per heavy atom. The van der Waals surface area contributed by atoms with Gasteiger partial charge in [-0.15, -0.1) is 5.10 Å². The normalized spacial score (nSPS) is 16.0. The first-order chi connectivity index (χ1) is 14.5. The Labute approximate surface area is 173 Å². The number of aromatic nitrogens is 2. The zero-order valence-corrected chi connectivity index (χ0v) is 16.8. The fourth-order valence-corrected chi connectivity index (χ4v) is 3.34. The molecule has 3 aromatic rings. The molecule has 0 radical (unpaired) electrons. The zero-order valence-electron chi connectivity index (χ0n) is 16.8. The summed E-state index contributed by atoms with van der Waals surface area (Å²) < 4.78 is 11.1. The van der Waals surface area contributed by atoms with Gasteiger partial charge < -0.3 is 14.1 Å². The lowest BCUT2D eigenvalue weighted by molar-refractivity contribution is -0.117. The minimum absolute atomic E-state index is 0.0162. The van der Waals surface area contributed by atoms with E-state index in [1.807, 2.05) is 50.2 Å². The van der Waals surface area contributed by atoms with E-state index in [0.717, 1.165) is 17.0 Å². The Morgan fingerprint density at radius 1 is 1.17 bits per heavy atom. The second kappa shape index (κ2) is 8.36. The van der Waals surface area contributed by atoms with Crippen LogP contribution in [0.5, 0.6) is 5.75 Å². The van der Waals surface area contributed by atoms with Crippen LogP contribution in [0.1, 0.15) is 41.1 Å². The lowest BCUT2D eigenvalue weighted by Crippen LogP contribution is -2.24. The molecule has 8 heteroatoms. The molecular weight excluding hydrogens is 384 g/mol. The van der Waals surface area contributed by atoms with Crippen molar-refractivity contribution in [3.63, 3.8) is 0 Å². The highest BCUT2D eigenvalue weighted by molar-refractivity contribution is 6.03. The van der Waals surface area contributed by atoms with Crippen LogP contribution < -0.4 is 15.0 Å². The van der Waals surface area contributed by atoms with Crippen molar-refractivity contribution in [3.8, 4) is 5.75 Å². The molecule has 1 saturated heterocycles. The van der Waals surface area contributed by atoms with Crippen molar-refractivity contribution < 1.29 is 18.7 Å². The molecule has 1 fully saturated rings. The second-order valence-electron chi connectivity index (χ2n) is 7.10. The lowest BCUT2D eigenvalue weighted by Gasteiger charge is -2.16. The van der Waals surface area contributed by atoms with Gasteiger partial charge in [-0.05, 0) is 50.2 Å². The monoisotopic (exact) mass is 406 g/mol. The van der Waals surface area contributed by atoms with Crippen molar-refractivity contribution >= 4 is 23.5 Å². The van der Waals surface area contributed by atoms with Crippen molar-refractivity contribution in [2.45, 2.75) is 26.2 Å². The first-order valence-electron chi connectivity index (χ1n) is 9.78. The molecule has 8 nitrogen and oxygen atoms in total. The Hall–Kier alpha value is -3.68. The van der Waals surface area contributed by atoms with Gasteiger partial charge in [0.2, 0.25) is 11.8 Å². The summed E-state index contributed by atoms with van der Waals surface area (Å²) in [4.78, 5) is 26.5. The van der Waals surface area contributed by atoms with Crippen LogP contribution in [-0.4, -0.2) is 35.2 Å². The summed E-state index contributed by atoms with van der Waals surface area (Å²) >= 11 is 0. The molecule has 2 heterocycles. The van der Waals surface area contributed by atoms with E-state index in [9.17, 15) is 9.59 Å². The number of hydrogen-bond donors (Lipinski definition) is 1. The van der Waals surface area contributed by atoms with Crippen LogP contribution in [0, 0.1) is 6.92 Å². The molecule has 0 aliphatic carbocycles. The van der Waals surface area contributed by atoms with Crippen LogP contribution in [0.3, 0.4) is 0 Å². The number of nitrogens with zero attached hydrogens (tertiary/aromatic N) is 3. The molecule has 154 valence electrons. The van der Waals surface area contributed by atoms with E-state index in [4.69, 9.17) is 9.15 Å². The first kappa shape index (κ1) is 19.6. The van der Waals surface area contributed by atoms with Crippen LogP contribution in [-0.2, 0) is 4.79 Å². The van der Waals surface area contributed by atoms with E-state index in [0.29, 0.717) is 24.6 Å². The summed E-state index contributed by atoms with van der Waals surface area (Å²) in [5.74, 6) is 0.504. The molecule has 1 atom stereocenters. The van der Waals surface area contributed by atoms with Gasteiger partial charge in [-0.25, -0.2) is 0 Å². The summed E-state index contributed by atoms with van der Waals surface area (Å²) in [6.07, 6.45) is 0.265. The average molecular weight is 406 g/mol. The molecule has 1 aliphatic heterocycles. The zero-order chi connectivity index (χ0) is 21.1. The molecule has 30 heavy (non-hydrogen) atoms. The molecule has 0 bridgehead atoms. The van der Waals surface area contributed by atoms with E-state index < -0.39 is 0 Å². The molecular formula is C22H22N4O4. The van der Waals surface area contributed by atoms with Gasteiger partial charge in [0, 0.05) is 24.2 Å². The third-order valence-corrected chi connectivity index (χ3v) is 4.91. The van der Waals surface area contributed by atoms with E-state index in [2.05, 4.69) is 15.5 Å². The highest BCUT2D eigenvalue weighted by atomic mass is 16.5. The summed E-state index contributed by atoms with van der Waals surface area (Å²) in [6, 6.07) is 14.6. The molecule has 4 rings (SSSR count). The number of carbonyl (C=O) groups is 2. The van der Waals surface area contributed by atoms with Crippen molar-refractivity contribution in [3.05, 3.63) is 65.5 Å². The Balaban J connectivity index is 1.41. The van der Waals surface area contributed by atoms with Gasteiger partial charge in [0.1, 0.15) is 5.75 Å². The molecule has 2 amide bonds. The van der Waals surface area contributed by atoms with Gasteiger partial charge in [-0.2, -0.15) is 0 Å². The predicted molar refractivity (Wildman–Crippen MR) is 111 cm³/mol. The van der Waals surface area contributed by atoms with Gasteiger partial charge >= 0.3 is 6.01 Å². The summed E-state index contributed by atoms with van der Waals surface area (Å²) in [5.41, 5.74) is 2.35. The lowest BCUT2D eigenvalue weighted by atomic mass is 10.1. The second-order valence-corrected chi connectivity index (χ2v) is 7.10. The average Bonchev–Trinajstić information content (AvgIpc) is 3.36. The fourth-order valence-electron chi connectivity index (χ4n) is 3.34. The number of benzene rings is 2. The topological polar surface area (TPSA) is 97.6 Å². The van der Waals surface area contributed by atoms with Crippen molar-refractivity contribution in [1.29, 1.82) is 0 Å². The molecule has 0 spiro atoms. The van der Waals surface area contributed by atoms with Gasteiger partial charge in [0.25, 0.3) is 5.91 Å². The number of aryl methyl sites for hydroxylation is 1. The van der Waals surface area contributed by atoms with Crippen LogP contribution in [0.4, 0.5) is 11.7 Å². The van der Waals surface area contributed by atoms with E-state index >= 15 is 0 Å². The summed E-state index contributed by atoms with van der Waals surface area (Å²) in [6.45, 7) is 4.89. The Bertz CT molecular complexity index is 1040. The van der Waals surface area contributed by atoms with Gasteiger partial charge in [-0.1, -0.05) is 22.8 Å². The maximum atomic E-state index is 12.5. The van der Waals surface area contributed by atoms with Gasteiger partial charge in [-0.3, -0.25) is 14.9 Å². The molecule has 0 saturated carbocycles. The van der Waals surface area contributed by atoms with Crippen LogP contribution in [0.25, 0.3) is 0 Å². The molecule has 0 unspecified atom stereocenters. The van der Waals surface area contributed by atoms with Crippen molar-refractivity contribution in [1.82, 2.24) is 10.2 Å². The quantitative estimate of drug-likeness (QED) is 0.672. The number of hydrogen-bond acceptors (Lipinski definition) is 6. The maximum Gasteiger partial charge on any atom is 0.322 e.